The van der Waals surface area contributed by atoms with E-state index in [2.05, 4.69) is 15.3 Å². The van der Waals surface area contributed by atoms with Gasteiger partial charge in [-0.2, -0.15) is 0 Å². The number of aromatic nitrogens is 2. The zero-order chi connectivity index (χ0) is 12.1. The Balaban J connectivity index is 2.19. The summed E-state index contributed by atoms with van der Waals surface area (Å²) in [6, 6.07) is 7.45. The SMILES string of the molecule is COc1ccc(Nc2ncncc2CO)cc1. The van der Waals surface area contributed by atoms with Gasteiger partial charge in [0.1, 0.15) is 17.9 Å². The molecule has 5 heteroatoms. The summed E-state index contributed by atoms with van der Waals surface area (Å²) in [4.78, 5) is 7.93. The number of nitrogens with zero attached hydrogens (tertiary/aromatic N) is 2. The fourth-order valence-corrected chi connectivity index (χ4v) is 1.40. The van der Waals surface area contributed by atoms with Gasteiger partial charge in [-0.3, -0.25) is 0 Å². The maximum absolute atomic E-state index is 9.14. The van der Waals surface area contributed by atoms with Crippen molar-refractivity contribution in [3.05, 3.63) is 42.4 Å². The summed E-state index contributed by atoms with van der Waals surface area (Å²) < 4.78 is 5.07. The Bertz CT molecular complexity index is 485. The number of benzene rings is 1. The molecule has 0 aliphatic carbocycles. The predicted octanol–water partition coefficient (Wildman–Crippen LogP) is 1.72. The van der Waals surface area contributed by atoms with Gasteiger partial charge >= 0.3 is 0 Å². The van der Waals surface area contributed by atoms with Crippen molar-refractivity contribution in [2.24, 2.45) is 0 Å². The second-order valence-corrected chi connectivity index (χ2v) is 3.41. The van der Waals surface area contributed by atoms with Crippen LogP contribution in [0.15, 0.2) is 36.8 Å². The predicted molar refractivity (Wildman–Crippen MR) is 64.2 cm³/mol. The molecule has 2 N–H and O–H groups in total. The van der Waals surface area contributed by atoms with E-state index in [4.69, 9.17) is 9.84 Å². The molecule has 1 aromatic carbocycles. The minimum absolute atomic E-state index is 0.0979. The number of methoxy groups -OCH3 is 1. The lowest BCUT2D eigenvalue weighted by atomic mass is 10.2. The van der Waals surface area contributed by atoms with Crippen LogP contribution in [0.2, 0.25) is 0 Å². The summed E-state index contributed by atoms with van der Waals surface area (Å²) in [5.41, 5.74) is 1.53. The van der Waals surface area contributed by atoms with E-state index in [1.54, 1.807) is 13.3 Å². The molecule has 1 aromatic heterocycles. The van der Waals surface area contributed by atoms with Crippen LogP contribution < -0.4 is 10.1 Å². The number of aliphatic hydroxyl groups is 1. The minimum Gasteiger partial charge on any atom is -0.497 e. The lowest BCUT2D eigenvalue weighted by molar-refractivity contribution is 0.281. The molecule has 0 amide bonds. The number of nitrogens with one attached hydrogen (secondary N) is 1. The van der Waals surface area contributed by atoms with E-state index in [1.807, 2.05) is 24.3 Å². The molecule has 0 atom stereocenters. The highest BCUT2D eigenvalue weighted by molar-refractivity contribution is 5.59. The van der Waals surface area contributed by atoms with Crippen LogP contribution in [0, 0.1) is 0 Å². The molecule has 5 nitrogen and oxygen atoms in total. The average molecular weight is 231 g/mol. The Kier molecular flexibility index (Phi) is 3.52. The molecule has 1 heterocycles. The van der Waals surface area contributed by atoms with E-state index in [0.717, 1.165) is 11.4 Å². The van der Waals surface area contributed by atoms with E-state index in [1.165, 1.54) is 6.33 Å². The summed E-state index contributed by atoms with van der Waals surface area (Å²) in [6.07, 6.45) is 3.02. The fraction of sp³-hybridized carbons (Fsp3) is 0.167. The third kappa shape index (κ3) is 2.70. The van der Waals surface area contributed by atoms with E-state index < -0.39 is 0 Å². The normalized spacial score (nSPS) is 10.0. The van der Waals surface area contributed by atoms with Gasteiger partial charge in [0.2, 0.25) is 0 Å². The third-order valence-corrected chi connectivity index (χ3v) is 2.31. The molecule has 0 spiro atoms. The van der Waals surface area contributed by atoms with Crippen LogP contribution >= 0.6 is 0 Å². The van der Waals surface area contributed by atoms with Gasteiger partial charge in [-0.1, -0.05) is 0 Å². The zero-order valence-corrected chi connectivity index (χ0v) is 9.42. The Morgan fingerprint density at radius 3 is 2.71 bits per heavy atom. The first-order valence-electron chi connectivity index (χ1n) is 5.14. The van der Waals surface area contributed by atoms with Crippen LogP contribution in [0.1, 0.15) is 5.56 Å². The lowest BCUT2D eigenvalue weighted by Crippen LogP contribution is -1.99. The Hall–Kier alpha value is -2.14. The maximum Gasteiger partial charge on any atom is 0.139 e. The van der Waals surface area contributed by atoms with Crippen molar-refractivity contribution < 1.29 is 9.84 Å². The fourth-order valence-electron chi connectivity index (χ4n) is 1.40. The molecule has 0 saturated carbocycles. The van der Waals surface area contributed by atoms with Crippen molar-refractivity contribution in [1.82, 2.24) is 9.97 Å². The highest BCUT2D eigenvalue weighted by Crippen LogP contribution is 2.20. The molecular formula is C12H13N3O2. The molecule has 0 saturated heterocycles. The van der Waals surface area contributed by atoms with Crippen molar-refractivity contribution in [1.29, 1.82) is 0 Å². The van der Waals surface area contributed by atoms with Gasteiger partial charge in [0.15, 0.2) is 0 Å². The lowest BCUT2D eigenvalue weighted by Gasteiger charge is -2.09. The summed E-state index contributed by atoms with van der Waals surface area (Å²) in [5.74, 6) is 1.40. The van der Waals surface area contributed by atoms with Crippen LogP contribution in [-0.2, 0) is 6.61 Å². The van der Waals surface area contributed by atoms with Crippen molar-refractivity contribution in [3.63, 3.8) is 0 Å². The number of ether oxygens (including phenoxy) is 1. The van der Waals surface area contributed by atoms with Crippen LogP contribution in [0.5, 0.6) is 5.75 Å². The second-order valence-electron chi connectivity index (χ2n) is 3.41. The molecule has 0 aliphatic heterocycles. The van der Waals surface area contributed by atoms with Crippen molar-refractivity contribution in [2.45, 2.75) is 6.61 Å². The van der Waals surface area contributed by atoms with Gasteiger partial charge in [0.05, 0.1) is 13.7 Å². The topological polar surface area (TPSA) is 67.3 Å². The summed E-state index contributed by atoms with van der Waals surface area (Å²) in [6.45, 7) is -0.0979. The quantitative estimate of drug-likeness (QED) is 0.838. The Morgan fingerprint density at radius 1 is 1.29 bits per heavy atom. The molecule has 0 aliphatic rings. The van der Waals surface area contributed by atoms with E-state index in [-0.39, 0.29) is 6.61 Å². The Morgan fingerprint density at radius 2 is 2.06 bits per heavy atom. The number of hydrogen-bond acceptors (Lipinski definition) is 5. The molecule has 0 unspecified atom stereocenters. The smallest absolute Gasteiger partial charge is 0.139 e. The Labute approximate surface area is 99.1 Å². The number of anilines is 2. The molecule has 0 bridgehead atoms. The molecule has 0 radical (unpaired) electrons. The molecule has 0 fully saturated rings. The van der Waals surface area contributed by atoms with Crippen LogP contribution in [-0.4, -0.2) is 22.2 Å². The third-order valence-electron chi connectivity index (χ3n) is 2.31. The van der Waals surface area contributed by atoms with Crippen LogP contribution in [0.25, 0.3) is 0 Å². The highest BCUT2D eigenvalue weighted by Gasteiger charge is 2.03. The van der Waals surface area contributed by atoms with E-state index in [9.17, 15) is 0 Å². The van der Waals surface area contributed by atoms with Gasteiger partial charge in [0.25, 0.3) is 0 Å². The van der Waals surface area contributed by atoms with Crippen LogP contribution in [0.4, 0.5) is 11.5 Å². The molecule has 17 heavy (non-hydrogen) atoms. The second kappa shape index (κ2) is 5.27. The van der Waals surface area contributed by atoms with Gasteiger partial charge in [-0.15, -0.1) is 0 Å². The van der Waals surface area contributed by atoms with Crippen LogP contribution in [0.3, 0.4) is 0 Å². The van der Waals surface area contributed by atoms with Crippen molar-refractivity contribution in [2.75, 3.05) is 12.4 Å². The van der Waals surface area contributed by atoms with Crippen molar-refractivity contribution >= 4 is 11.5 Å². The molecular weight excluding hydrogens is 218 g/mol. The van der Waals surface area contributed by atoms with Gasteiger partial charge in [0, 0.05) is 17.4 Å². The highest BCUT2D eigenvalue weighted by atomic mass is 16.5. The summed E-state index contributed by atoms with van der Waals surface area (Å²) in [7, 11) is 1.62. The van der Waals surface area contributed by atoms with Gasteiger partial charge < -0.3 is 15.2 Å². The monoisotopic (exact) mass is 231 g/mol. The number of rotatable bonds is 4. The average Bonchev–Trinajstić information content (AvgIpc) is 2.40. The molecule has 2 aromatic rings. The standard InChI is InChI=1S/C12H13N3O2/c1-17-11-4-2-10(3-5-11)15-12-9(7-16)6-13-8-14-12/h2-6,8,16H,7H2,1H3,(H,13,14,15). The largest absolute Gasteiger partial charge is 0.497 e. The molecule has 88 valence electrons. The summed E-state index contributed by atoms with van der Waals surface area (Å²) >= 11 is 0. The van der Waals surface area contributed by atoms with E-state index >= 15 is 0 Å². The number of aliphatic hydroxyl groups excluding tert-OH is 1. The first-order chi connectivity index (χ1) is 8.33. The minimum atomic E-state index is -0.0979. The molecule has 2 rings (SSSR count). The first kappa shape index (κ1) is 11.3. The van der Waals surface area contributed by atoms with Crippen molar-refractivity contribution in [3.8, 4) is 5.75 Å². The zero-order valence-electron chi connectivity index (χ0n) is 9.42. The van der Waals surface area contributed by atoms with Gasteiger partial charge in [-0.05, 0) is 24.3 Å². The number of hydrogen-bond donors (Lipinski definition) is 2. The van der Waals surface area contributed by atoms with Gasteiger partial charge in [-0.25, -0.2) is 9.97 Å². The maximum atomic E-state index is 9.14. The van der Waals surface area contributed by atoms with E-state index in [0.29, 0.717) is 11.4 Å². The summed E-state index contributed by atoms with van der Waals surface area (Å²) in [5, 5.41) is 12.2. The first-order valence-corrected chi connectivity index (χ1v) is 5.14.